The number of hydrogen-bond acceptors (Lipinski definition) is 5. The van der Waals surface area contributed by atoms with E-state index in [1.165, 1.54) is 11.8 Å². The summed E-state index contributed by atoms with van der Waals surface area (Å²) in [7, 11) is 0. The van der Waals surface area contributed by atoms with E-state index in [-0.39, 0.29) is 36.0 Å². The lowest BCUT2D eigenvalue weighted by molar-refractivity contribution is -0.147. The van der Waals surface area contributed by atoms with Crippen molar-refractivity contribution in [1.29, 1.82) is 0 Å². The summed E-state index contributed by atoms with van der Waals surface area (Å²) in [6, 6.07) is 7.24. The van der Waals surface area contributed by atoms with Crippen molar-refractivity contribution in [2.24, 2.45) is 0 Å². The van der Waals surface area contributed by atoms with Crippen molar-refractivity contribution in [3.05, 3.63) is 28.7 Å². The third kappa shape index (κ3) is 9.25. The Balaban J connectivity index is 2.19. The Kier molecular flexibility index (Phi) is 8.71. The molecule has 0 saturated carbocycles. The van der Waals surface area contributed by atoms with Gasteiger partial charge in [-0.05, 0) is 32.0 Å². The van der Waals surface area contributed by atoms with Crippen molar-refractivity contribution in [3.8, 4) is 0 Å². The number of ether oxygens (including phenoxy) is 1. The van der Waals surface area contributed by atoms with Crippen LogP contribution in [0.25, 0.3) is 0 Å². The minimum absolute atomic E-state index is 0.0981. The van der Waals surface area contributed by atoms with Gasteiger partial charge in [0.15, 0.2) is 0 Å². The maximum atomic E-state index is 11.7. The van der Waals surface area contributed by atoms with Crippen LogP contribution in [0, 0.1) is 0 Å². The second kappa shape index (κ2) is 10.3. The molecular formula is C15H19BrN2O4S. The fourth-order valence-electron chi connectivity index (χ4n) is 1.53. The lowest BCUT2D eigenvalue weighted by Gasteiger charge is -2.09. The smallest absolute Gasteiger partial charge is 0.325 e. The van der Waals surface area contributed by atoms with E-state index in [0.29, 0.717) is 5.69 Å². The summed E-state index contributed by atoms with van der Waals surface area (Å²) >= 11 is 4.49. The van der Waals surface area contributed by atoms with Crippen LogP contribution in [-0.2, 0) is 19.1 Å². The number of esters is 1. The molecule has 0 saturated heterocycles. The molecule has 2 amide bonds. The SMILES string of the molecule is CC(C)OC(=O)CNC(=O)CSCC(=O)Nc1cccc(Br)c1. The first-order chi connectivity index (χ1) is 10.9. The summed E-state index contributed by atoms with van der Waals surface area (Å²) in [5, 5.41) is 5.18. The predicted molar refractivity (Wildman–Crippen MR) is 94.3 cm³/mol. The molecule has 0 spiro atoms. The molecule has 1 rings (SSSR count). The van der Waals surface area contributed by atoms with Crippen LogP contribution in [0.15, 0.2) is 28.7 Å². The van der Waals surface area contributed by atoms with Crippen LogP contribution in [0.3, 0.4) is 0 Å². The molecule has 0 radical (unpaired) electrons. The first kappa shape index (κ1) is 19.5. The van der Waals surface area contributed by atoms with Gasteiger partial charge in [0.2, 0.25) is 11.8 Å². The van der Waals surface area contributed by atoms with Gasteiger partial charge >= 0.3 is 5.97 Å². The van der Waals surface area contributed by atoms with Gasteiger partial charge < -0.3 is 15.4 Å². The first-order valence-electron chi connectivity index (χ1n) is 6.96. The molecule has 0 aliphatic heterocycles. The van der Waals surface area contributed by atoms with Crippen molar-refractivity contribution >= 4 is 51.2 Å². The molecule has 1 aromatic carbocycles. The normalized spacial score (nSPS) is 10.3. The highest BCUT2D eigenvalue weighted by atomic mass is 79.9. The highest BCUT2D eigenvalue weighted by molar-refractivity contribution is 9.10. The Bertz CT molecular complexity index is 566. The Morgan fingerprint density at radius 2 is 1.91 bits per heavy atom. The molecule has 126 valence electrons. The van der Waals surface area contributed by atoms with Gasteiger partial charge in [-0.1, -0.05) is 22.0 Å². The minimum Gasteiger partial charge on any atom is -0.462 e. The third-order valence-corrected chi connectivity index (χ3v) is 3.80. The lowest BCUT2D eigenvalue weighted by atomic mass is 10.3. The molecule has 6 nitrogen and oxygen atoms in total. The fourth-order valence-corrected chi connectivity index (χ4v) is 2.57. The van der Waals surface area contributed by atoms with Gasteiger partial charge in [0.05, 0.1) is 17.6 Å². The molecule has 23 heavy (non-hydrogen) atoms. The van der Waals surface area contributed by atoms with Crippen LogP contribution < -0.4 is 10.6 Å². The molecule has 2 N–H and O–H groups in total. The minimum atomic E-state index is -0.481. The van der Waals surface area contributed by atoms with E-state index in [9.17, 15) is 14.4 Å². The standard InChI is InChI=1S/C15H19BrN2O4S/c1-10(2)22-15(21)7-17-13(19)8-23-9-14(20)18-12-5-3-4-11(16)6-12/h3-6,10H,7-9H2,1-2H3,(H,17,19)(H,18,20). The van der Waals surface area contributed by atoms with Crippen molar-refractivity contribution in [2.75, 3.05) is 23.4 Å². The molecule has 0 aromatic heterocycles. The van der Waals surface area contributed by atoms with Crippen LogP contribution in [0.2, 0.25) is 0 Å². The molecule has 0 aliphatic carbocycles. The van der Waals surface area contributed by atoms with Gasteiger partial charge in [-0.25, -0.2) is 0 Å². The third-order valence-electron chi connectivity index (χ3n) is 2.37. The molecule has 0 atom stereocenters. The highest BCUT2D eigenvalue weighted by Crippen LogP contribution is 2.15. The zero-order chi connectivity index (χ0) is 17.2. The van der Waals surface area contributed by atoms with Crippen LogP contribution in [-0.4, -0.2) is 41.9 Å². The monoisotopic (exact) mass is 402 g/mol. The number of nitrogens with one attached hydrogen (secondary N) is 2. The summed E-state index contributed by atoms with van der Waals surface area (Å²) in [5.74, 6) is -0.742. The summed E-state index contributed by atoms with van der Waals surface area (Å²) in [4.78, 5) is 34.5. The zero-order valence-corrected chi connectivity index (χ0v) is 15.3. The summed E-state index contributed by atoms with van der Waals surface area (Å²) in [5.41, 5.74) is 0.686. The van der Waals surface area contributed by atoms with Gasteiger partial charge in [-0.3, -0.25) is 14.4 Å². The summed E-state index contributed by atoms with van der Waals surface area (Å²) in [6.45, 7) is 3.31. The first-order valence-corrected chi connectivity index (χ1v) is 8.91. The Morgan fingerprint density at radius 1 is 1.22 bits per heavy atom. The number of carbonyl (C=O) groups is 3. The fraction of sp³-hybridized carbons (Fsp3) is 0.400. The Hall–Kier alpha value is -1.54. The van der Waals surface area contributed by atoms with Gasteiger partial charge in [0.25, 0.3) is 0 Å². The van der Waals surface area contributed by atoms with E-state index >= 15 is 0 Å². The quantitative estimate of drug-likeness (QED) is 0.651. The maximum Gasteiger partial charge on any atom is 0.325 e. The summed E-state index contributed by atoms with van der Waals surface area (Å²) < 4.78 is 5.76. The number of amides is 2. The average Bonchev–Trinajstić information content (AvgIpc) is 2.44. The number of hydrogen-bond donors (Lipinski definition) is 2. The van der Waals surface area contributed by atoms with E-state index in [4.69, 9.17) is 4.74 Å². The van der Waals surface area contributed by atoms with E-state index in [1.54, 1.807) is 26.0 Å². The van der Waals surface area contributed by atoms with E-state index in [0.717, 1.165) is 4.47 Å². The molecular weight excluding hydrogens is 384 g/mol. The summed E-state index contributed by atoms with van der Waals surface area (Å²) in [6.07, 6.45) is -0.213. The van der Waals surface area contributed by atoms with Crippen molar-refractivity contribution in [2.45, 2.75) is 20.0 Å². The molecule has 0 heterocycles. The number of rotatable bonds is 8. The number of benzene rings is 1. The second-order valence-corrected chi connectivity index (χ2v) is 6.77. The average molecular weight is 403 g/mol. The number of halogens is 1. The number of thioether (sulfide) groups is 1. The van der Waals surface area contributed by atoms with Gasteiger partial charge in [0.1, 0.15) is 6.54 Å². The van der Waals surface area contributed by atoms with Crippen molar-refractivity contribution in [1.82, 2.24) is 5.32 Å². The van der Waals surface area contributed by atoms with E-state index in [1.807, 2.05) is 12.1 Å². The number of carbonyl (C=O) groups excluding carboxylic acids is 3. The largest absolute Gasteiger partial charge is 0.462 e. The predicted octanol–water partition coefficient (Wildman–Crippen LogP) is 2.19. The van der Waals surface area contributed by atoms with Gasteiger partial charge in [-0.15, -0.1) is 11.8 Å². The van der Waals surface area contributed by atoms with E-state index in [2.05, 4.69) is 26.6 Å². The van der Waals surface area contributed by atoms with Crippen LogP contribution >= 0.6 is 27.7 Å². The topological polar surface area (TPSA) is 84.5 Å². The molecule has 0 fully saturated rings. The van der Waals surface area contributed by atoms with Gasteiger partial charge in [-0.2, -0.15) is 0 Å². The zero-order valence-electron chi connectivity index (χ0n) is 12.9. The van der Waals surface area contributed by atoms with Crippen LogP contribution in [0.4, 0.5) is 5.69 Å². The van der Waals surface area contributed by atoms with Gasteiger partial charge in [0, 0.05) is 10.2 Å². The van der Waals surface area contributed by atoms with Crippen molar-refractivity contribution in [3.63, 3.8) is 0 Å². The Labute approximate surface area is 147 Å². The number of anilines is 1. The van der Waals surface area contributed by atoms with Crippen molar-refractivity contribution < 1.29 is 19.1 Å². The molecule has 8 heteroatoms. The Morgan fingerprint density at radius 3 is 2.57 bits per heavy atom. The van der Waals surface area contributed by atoms with Crippen LogP contribution in [0.1, 0.15) is 13.8 Å². The second-order valence-electron chi connectivity index (χ2n) is 4.87. The molecule has 0 unspecified atom stereocenters. The van der Waals surface area contributed by atoms with Crippen LogP contribution in [0.5, 0.6) is 0 Å². The molecule has 1 aromatic rings. The molecule has 0 aliphatic rings. The lowest BCUT2D eigenvalue weighted by Crippen LogP contribution is -2.33. The highest BCUT2D eigenvalue weighted by Gasteiger charge is 2.09. The van der Waals surface area contributed by atoms with E-state index < -0.39 is 5.97 Å². The molecule has 0 bridgehead atoms. The maximum absolute atomic E-state index is 11.7.